The number of anilines is 1. The number of halogens is 1. The Morgan fingerprint density at radius 1 is 1.15 bits per heavy atom. The molecule has 0 saturated carbocycles. The van der Waals surface area contributed by atoms with Crippen LogP contribution in [0, 0.1) is 0 Å². The number of benzene rings is 2. The lowest BCUT2D eigenvalue weighted by molar-refractivity contribution is -0.117. The predicted molar refractivity (Wildman–Crippen MR) is 103 cm³/mol. The highest BCUT2D eigenvalue weighted by Gasteiger charge is 2.11. The summed E-state index contributed by atoms with van der Waals surface area (Å²) in [4.78, 5) is 25.7. The van der Waals surface area contributed by atoms with Crippen molar-refractivity contribution in [2.24, 2.45) is 0 Å². The zero-order valence-corrected chi connectivity index (χ0v) is 15.8. The van der Waals surface area contributed by atoms with E-state index in [4.69, 9.17) is 16.3 Å². The summed E-state index contributed by atoms with van der Waals surface area (Å²) >= 11 is 5.97. The molecule has 138 valence electrons. The second-order valence-corrected chi connectivity index (χ2v) is 6.28. The van der Waals surface area contributed by atoms with E-state index in [1.807, 2.05) is 24.1 Å². The average Bonchev–Trinajstić information content (AvgIpc) is 2.61. The molecule has 0 unspecified atom stereocenters. The average molecular weight is 376 g/mol. The van der Waals surface area contributed by atoms with Gasteiger partial charge in [-0.3, -0.25) is 14.5 Å². The topological polar surface area (TPSA) is 70.7 Å². The highest BCUT2D eigenvalue weighted by Crippen LogP contribution is 2.27. The molecule has 0 aliphatic heterocycles. The first kappa shape index (κ1) is 19.8. The summed E-state index contributed by atoms with van der Waals surface area (Å²) in [6, 6.07) is 12.3. The normalized spacial score (nSPS) is 10.5. The summed E-state index contributed by atoms with van der Waals surface area (Å²) < 4.78 is 5.22. The van der Waals surface area contributed by atoms with Crippen LogP contribution in [-0.2, 0) is 11.3 Å². The molecule has 7 heteroatoms. The molecule has 2 amide bonds. The molecule has 2 aromatic carbocycles. The molecule has 0 bridgehead atoms. The number of hydrogen-bond donors (Lipinski definition) is 2. The van der Waals surface area contributed by atoms with E-state index < -0.39 is 0 Å². The first-order chi connectivity index (χ1) is 12.4. The summed E-state index contributed by atoms with van der Waals surface area (Å²) in [5.74, 6) is 0.255. The van der Waals surface area contributed by atoms with Crippen LogP contribution in [0.4, 0.5) is 5.69 Å². The van der Waals surface area contributed by atoms with Crippen LogP contribution in [-0.4, -0.2) is 44.5 Å². The van der Waals surface area contributed by atoms with E-state index in [9.17, 15) is 9.59 Å². The highest BCUT2D eigenvalue weighted by atomic mass is 35.5. The van der Waals surface area contributed by atoms with Crippen molar-refractivity contribution in [2.45, 2.75) is 6.54 Å². The van der Waals surface area contributed by atoms with Gasteiger partial charge in [0.15, 0.2) is 0 Å². The summed E-state index contributed by atoms with van der Waals surface area (Å²) in [6.45, 7) is 0.779. The van der Waals surface area contributed by atoms with E-state index in [0.717, 1.165) is 5.56 Å². The van der Waals surface area contributed by atoms with Gasteiger partial charge in [0.25, 0.3) is 5.91 Å². The Morgan fingerprint density at radius 3 is 2.46 bits per heavy atom. The van der Waals surface area contributed by atoms with Gasteiger partial charge in [-0.2, -0.15) is 0 Å². The third kappa shape index (κ3) is 5.47. The zero-order chi connectivity index (χ0) is 19.1. The number of carbonyl (C=O) groups is 2. The van der Waals surface area contributed by atoms with Crippen LogP contribution in [0.25, 0.3) is 0 Å². The lowest BCUT2D eigenvalue weighted by Gasteiger charge is -2.17. The number of nitrogens with one attached hydrogen (secondary N) is 2. The molecule has 0 aromatic heterocycles. The van der Waals surface area contributed by atoms with Crippen LogP contribution in [0.1, 0.15) is 15.9 Å². The maximum atomic E-state index is 12.3. The second-order valence-electron chi connectivity index (χ2n) is 5.84. The number of rotatable bonds is 7. The van der Waals surface area contributed by atoms with Crippen molar-refractivity contribution < 1.29 is 14.3 Å². The lowest BCUT2D eigenvalue weighted by atomic mass is 10.1. The molecule has 0 spiro atoms. The number of nitrogens with zero attached hydrogens (tertiary/aromatic N) is 1. The van der Waals surface area contributed by atoms with Gasteiger partial charge in [0.2, 0.25) is 5.91 Å². The fourth-order valence-corrected chi connectivity index (χ4v) is 2.66. The number of carbonyl (C=O) groups excluding carboxylic acids is 2. The Kier molecular flexibility index (Phi) is 7.00. The summed E-state index contributed by atoms with van der Waals surface area (Å²) in [6.07, 6.45) is 0. The Labute approximate surface area is 158 Å². The fourth-order valence-electron chi connectivity index (χ4n) is 2.49. The molecule has 0 radical (unpaired) electrons. The summed E-state index contributed by atoms with van der Waals surface area (Å²) in [5.41, 5.74) is 2.14. The minimum Gasteiger partial charge on any atom is -0.495 e. The smallest absolute Gasteiger partial charge is 0.251 e. The maximum Gasteiger partial charge on any atom is 0.251 e. The number of methoxy groups -OCH3 is 1. The highest BCUT2D eigenvalue weighted by molar-refractivity contribution is 6.31. The van der Waals surface area contributed by atoms with Crippen molar-refractivity contribution in [1.82, 2.24) is 10.2 Å². The molecule has 0 atom stereocenters. The zero-order valence-electron chi connectivity index (χ0n) is 15.0. The molecule has 2 N–H and O–H groups in total. The van der Waals surface area contributed by atoms with Gasteiger partial charge in [-0.1, -0.05) is 23.7 Å². The molecule has 26 heavy (non-hydrogen) atoms. The van der Waals surface area contributed by atoms with Gasteiger partial charge in [0, 0.05) is 24.2 Å². The van der Waals surface area contributed by atoms with Gasteiger partial charge in [0.1, 0.15) is 5.75 Å². The van der Waals surface area contributed by atoms with Crippen molar-refractivity contribution in [3.63, 3.8) is 0 Å². The number of likely N-dealkylation sites (N-methyl/N-ethyl adjacent to an activating group) is 1. The monoisotopic (exact) mass is 375 g/mol. The quantitative estimate of drug-likeness (QED) is 0.780. The standard InChI is InChI=1S/C19H22ClN3O3/c1-21-19(25)14-6-4-13(5-7-14)11-23(2)12-18(24)22-16-10-15(20)8-9-17(16)26-3/h4-10H,11-12H2,1-3H3,(H,21,25)(H,22,24). The molecule has 2 rings (SSSR count). The molecular formula is C19H22ClN3O3. The molecule has 2 aromatic rings. The SMILES string of the molecule is CNC(=O)c1ccc(CN(C)CC(=O)Nc2cc(Cl)ccc2OC)cc1. The van der Waals surface area contributed by atoms with E-state index in [1.165, 1.54) is 7.11 Å². The first-order valence-corrected chi connectivity index (χ1v) is 8.43. The summed E-state index contributed by atoms with van der Waals surface area (Å²) in [5, 5.41) is 5.91. The minimum absolute atomic E-state index is 0.125. The third-order valence-electron chi connectivity index (χ3n) is 3.74. The van der Waals surface area contributed by atoms with Gasteiger partial charge in [-0.05, 0) is 42.9 Å². The number of amides is 2. The molecule has 6 nitrogen and oxygen atoms in total. The van der Waals surface area contributed by atoms with Crippen LogP contribution >= 0.6 is 11.6 Å². The first-order valence-electron chi connectivity index (χ1n) is 8.06. The van der Waals surface area contributed by atoms with Crippen LogP contribution < -0.4 is 15.4 Å². The summed E-state index contributed by atoms with van der Waals surface area (Å²) in [7, 11) is 4.98. The van der Waals surface area contributed by atoms with Crippen LogP contribution in [0.15, 0.2) is 42.5 Å². The van der Waals surface area contributed by atoms with E-state index in [1.54, 1.807) is 37.4 Å². The largest absolute Gasteiger partial charge is 0.495 e. The minimum atomic E-state index is -0.171. The van der Waals surface area contributed by atoms with Crippen LogP contribution in [0.2, 0.25) is 5.02 Å². The van der Waals surface area contributed by atoms with Crippen molar-refractivity contribution in [1.29, 1.82) is 0 Å². The van der Waals surface area contributed by atoms with Crippen LogP contribution in [0.3, 0.4) is 0 Å². The molecule has 0 aliphatic carbocycles. The number of ether oxygens (including phenoxy) is 1. The van der Waals surface area contributed by atoms with Gasteiger partial charge >= 0.3 is 0 Å². The van der Waals surface area contributed by atoms with E-state index >= 15 is 0 Å². The Balaban J connectivity index is 1.93. The van der Waals surface area contributed by atoms with E-state index in [2.05, 4.69) is 10.6 Å². The van der Waals surface area contributed by atoms with Crippen LogP contribution in [0.5, 0.6) is 5.75 Å². The molecule has 0 heterocycles. The molecular weight excluding hydrogens is 354 g/mol. The Hall–Kier alpha value is -2.57. The number of hydrogen-bond acceptors (Lipinski definition) is 4. The maximum absolute atomic E-state index is 12.3. The van der Waals surface area contributed by atoms with Gasteiger partial charge in [0.05, 0.1) is 19.3 Å². The second kappa shape index (κ2) is 9.22. The van der Waals surface area contributed by atoms with Crippen molar-refractivity contribution in [2.75, 3.05) is 33.1 Å². The van der Waals surface area contributed by atoms with E-state index in [-0.39, 0.29) is 18.4 Å². The Morgan fingerprint density at radius 2 is 1.85 bits per heavy atom. The molecule has 0 aliphatic rings. The predicted octanol–water partition coefficient (Wildman–Crippen LogP) is 2.78. The van der Waals surface area contributed by atoms with Gasteiger partial charge in [-0.25, -0.2) is 0 Å². The van der Waals surface area contributed by atoms with Gasteiger partial charge < -0.3 is 15.4 Å². The van der Waals surface area contributed by atoms with Crippen molar-refractivity contribution in [3.05, 3.63) is 58.6 Å². The van der Waals surface area contributed by atoms with Gasteiger partial charge in [-0.15, -0.1) is 0 Å². The van der Waals surface area contributed by atoms with E-state index in [0.29, 0.717) is 28.6 Å². The Bertz CT molecular complexity index is 778. The molecule has 0 fully saturated rings. The molecule has 0 saturated heterocycles. The fraction of sp³-hybridized carbons (Fsp3) is 0.263. The van der Waals surface area contributed by atoms with Crippen molar-refractivity contribution in [3.8, 4) is 5.75 Å². The van der Waals surface area contributed by atoms with Crippen molar-refractivity contribution >= 4 is 29.1 Å². The third-order valence-corrected chi connectivity index (χ3v) is 3.98. The lowest BCUT2D eigenvalue weighted by Crippen LogP contribution is -2.30.